The van der Waals surface area contributed by atoms with E-state index in [0.29, 0.717) is 24.3 Å². The molecule has 1 aliphatic heterocycles. The van der Waals surface area contributed by atoms with Gasteiger partial charge < -0.3 is 37.8 Å². The summed E-state index contributed by atoms with van der Waals surface area (Å²) in [6.07, 6.45) is 3.29. The van der Waals surface area contributed by atoms with E-state index in [2.05, 4.69) is 5.32 Å². The highest BCUT2D eigenvalue weighted by Gasteiger charge is 2.28. The summed E-state index contributed by atoms with van der Waals surface area (Å²) in [5.41, 5.74) is 0.159. The van der Waals surface area contributed by atoms with E-state index < -0.39 is 17.2 Å². The van der Waals surface area contributed by atoms with Crippen LogP contribution < -0.4 is 28.1 Å². The van der Waals surface area contributed by atoms with Gasteiger partial charge in [0.05, 0.1) is 11.2 Å². The maximum Gasteiger partial charge on any atom is 0.341 e. The van der Waals surface area contributed by atoms with Gasteiger partial charge in [-0.3, -0.25) is 4.79 Å². The Balaban J connectivity index is 0.00000121. The first kappa shape index (κ1) is 20.2. The second kappa shape index (κ2) is 7.61. The summed E-state index contributed by atoms with van der Waals surface area (Å²) in [6.45, 7) is 2.96. The van der Waals surface area contributed by atoms with Crippen molar-refractivity contribution in [2.24, 2.45) is 0 Å². The van der Waals surface area contributed by atoms with Crippen LogP contribution in [0.5, 0.6) is 0 Å². The summed E-state index contributed by atoms with van der Waals surface area (Å²) < 4.78 is 16.4. The first-order chi connectivity index (χ1) is 11.6. The molecule has 1 aromatic heterocycles. The fourth-order valence-electron chi connectivity index (χ4n) is 3.31. The Labute approximate surface area is 155 Å². The molecule has 7 nitrogen and oxygen atoms in total. The average Bonchev–Trinajstić information content (AvgIpc) is 3.40. The molecule has 0 unspecified atom stereocenters. The van der Waals surface area contributed by atoms with E-state index in [9.17, 15) is 19.1 Å². The minimum Gasteiger partial charge on any atom is -1.00 e. The maximum atomic E-state index is 14.6. The van der Waals surface area contributed by atoms with Crippen LogP contribution in [0, 0.1) is 5.82 Å². The van der Waals surface area contributed by atoms with Gasteiger partial charge in [-0.1, -0.05) is 0 Å². The summed E-state index contributed by atoms with van der Waals surface area (Å²) in [5, 5.41) is 12.6. The summed E-state index contributed by atoms with van der Waals surface area (Å²) in [5.74, 6) is -1.76. The minimum atomic E-state index is -1.28. The monoisotopic (exact) mass is 384 g/mol. The van der Waals surface area contributed by atoms with Crippen LogP contribution in [-0.2, 0) is 0 Å². The smallest absolute Gasteiger partial charge is 0.341 e. The van der Waals surface area contributed by atoms with Gasteiger partial charge in [0.15, 0.2) is 0 Å². The number of hydrogen-bond donors (Lipinski definition) is 2. The Hall–Kier alpha value is -2.16. The molecule has 4 N–H and O–H groups in total. The second-order valence-corrected chi connectivity index (χ2v) is 6.37. The van der Waals surface area contributed by atoms with Gasteiger partial charge in [-0.05, 0) is 25.0 Å². The van der Waals surface area contributed by atoms with E-state index in [-0.39, 0.29) is 34.9 Å². The summed E-state index contributed by atoms with van der Waals surface area (Å²) in [4.78, 5) is 25.7. The number of piperazine rings is 1. The van der Waals surface area contributed by atoms with Crippen molar-refractivity contribution in [1.82, 2.24) is 9.88 Å². The number of fused-ring (bicyclic) bond motifs is 1. The Bertz CT molecular complexity index is 892. The van der Waals surface area contributed by atoms with Crippen LogP contribution in [0.15, 0.2) is 23.1 Å². The Morgan fingerprint density at radius 2 is 1.88 bits per heavy atom. The summed E-state index contributed by atoms with van der Waals surface area (Å²) in [6, 6.07) is 3.08. The van der Waals surface area contributed by atoms with Gasteiger partial charge >= 0.3 is 5.97 Å². The van der Waals surface area contributed by atoms with Crippen LogP contribution in [-0.4, -0.2) is 47.3 Å². The molecule has 1 aliphatic carbocycles. The number of rotatable bonds is 3. The molecule has 0 bridgehead atoms. The molecule has 142 valence electrons. The van der Waals surface area contributed by atoms with Gasteiger partial charge in [-0.25, -0.2) is 9.18 Å². The predicted molar refractivity (Wildman–Crippen MR) is 92.1 cm³/mol. The fourth-order valence-corrected chi connectivity index (χ4v) is 3.31. The number of nitrogens with one attached hydrogen (secondary N) is 1. The quantitative estimate of drug-likeness (QED) is 0.622. The lowest BCUT2D eigenvalue weighted by atomic mass is 10.1. The van der Waals surface area contributed by atoms with Crippen LogP contribution in [0.25, 0.3) is 10.9 Å². The van der Waals surface area contributed by atoms with Crippen molar-refractivity contribution in [2.45, 2.75) is 18.9 Å². The maximum absolute atomic E-state index is 14.6. The number of carbonyl (C=O) groups is 1. The molecule has 2 aromatic rings. The molecule has 0 spiro atoms. The molecular formula is C17H20ClFN3O4-. The molecule has 4 rings (SSSR count). The van der Waals surface area contributed by atoms with E-state index in [1.165, 1.54) is 12.3 Å². The highest BCUT2D eigenvalue weighted by Crippen LogP contribution is 2.38. The number of anilines is 1. The van der Waals surface area contributed by atoms with Crippen molar-refractivity contribution in [1.29, 1.82) is 0 Å². The van der Waals surface area contributed by atoms with Crippen LogP contribution in [0.2, 0.25) is 0 Å². The number of aromatic carboxylic acids is 1. The van der Waals surface area contributed by atoms with Crippen molar-refractivity contribution in [3.05, 3.63) is 39.9 Å². The lowest BCUT2D eigenvalue weighted by Crippen LogP contribution is -3.00. The van der Waals surface area contributed by atoms with E-state index in [1.807, 2.05) is 9.47 Å². The molecule has 2 fully saturated rings. The summed E-state index contributed by atoms with van der Waals surface area (Å²) in [7, 11) is 0. The number of carboxylic acids is 1. The average molecular weight is 385 g/mol. The number of carboxylic acid groups (broad SMARTS) is 1. The number of halogens is 2. The van der Waals surface area contributed by atoms with E-state index in [0.717, 1.165) is 25.9 Å². The predicted octanol–water partition coefficient (Wildman–Crippen LogP) is -2.24. The Morgan fingerprint density at radius 3 is 2.46 bits per heavy atom. The highest BCUT2D eigenvalue weighted by atomic mass is 35.5. The third-order valence-corrected chi connectivity index (χ3v) is 4.73. The largest absolute Gasteiger partial charge is 1.00 e. The molecule has 0 radical (unpaired) electrons. The minimum absolute atomic E-state index is 0. The van der Waals surface area contributed by atoms with Crippen molar-refractivity contribution in [2.75, 3.05) is 31.1 Å². The lowest BCUT2D eigenvalue weighted by molar-refractivity contribution is -0.0000222. The number of nitrogens with zero attached hydrogens (tertiary/aromatic N) is 2. The van der Waals surface area contributed by atoms with Crippen LogP contribution >= 0.6 is 0 Å². The van der Waals surface area contributed by atoms with E-state index in [1.54, 1.807) is 6.07 Å². The summed E-state index contributed by atoms with van der Waals surface area (Å²) >= 11 is 0. The molecule has 9 heteroatoms. The first-order valence-electron chi connectivity index (χ1n) is 8.13. The molecule has 0 atom stereocenters. The number of aromatic nitrogens is 1. The zero-order chi connectivity index (χ0) is 16.8. The molecule has 0 amide bonds. The zero-order valence-corrected chi connectivity index (χ0v) is 14.7. The third kappa shape index (κ3) is 3.40. The number of hydrogen-bond acceptors (Lipinski definition) is 4. The van der Waals surface area contributed by atoms with Crippen LogP contribution in [0.4, 0.5) is 10.1 Å². The van der Waals surface area contributed by atoms with Crippen molar-refractivity contribution >= 4 is 22.6 Å². The van der Waals surface area contributed by atoms with Gasteiger partial charge in [0.25, 0.3) is 0 Å². The molecule has 1 saturated carbocycles. The molecule has 2 heterocycles. The Morgan fingerprint density at radius 1 is 1.23 bits per heavy atom. The fraction of sp³-hybridized carbons (Fsp3) is 0.412. The van der Waals surface area contributed by atoms with Crippen molar-refractivity contribution < 1.29 is 32.2 Å². The molecule has 26 heavy (non-hydrogen) atoms. The van der Waals surface area contributed by atoms with Crippen molar-refractivity contribution in [3.63, 3.8) is 0 Å². The zero-order valence-electron chi connectivity index (χ0n) is 14.0. The number of benzene rings is 1. The van der Waals surface area contributed by atoms with Crippen LogP contribution in [0.3, 0.4) is 0 Å². The van der Waals surface area contributed by atoms with Gasteiger partial charge in [-0.15, -0.1) is 0 Å². The highest BCUT2D eigenvalue weighted by molar-refractivity contribution is 5.93. The molecule has 1 aromatic carbocycles. The third-order valence-electron chi connectivity index (χ3n) is 4.73. The topological polar surface area (TPSA) is 106 Å². The second-order valence-electron chi connectivity index (χ2n) is 6.37. The normalized spacial score (nSPS) is 16.7. The first-order valence-corrected chi connectivity index (χ1v) is 8.13. The van der Waals surface area contributed by atoms with Crippen LogP contribution in [0.1, 0.15) is 29.2 Å². The van der Waals surface area contributed by atoms with Gasteiger partial charge in [0.2, 0.25) is 5.43 Å². The van der Waals surface area contributed by atoms with Gasteiger partial charge in [-0.2, -0.15) is 0 Å². The van der Waals surface area contributed by atoms with Gasteiger partial charge in [0, 0.05) is 43.8 Å². The van der Waals surface area contributed by atoms with E-state index >= 15 is 0 Å². The van der Waals surface area contributed by atoms with Crippen molar-refractivity contribution in [3.8, 4) is 0 Å². The van der Waals surface area contributed by atoms with E-state index in [4.69, 9.17) is 0 Å². The molecule has 2 aliphatic rings. The SMILES string of the molecule is O.O=C(O)c1cn(C2CC2)c2cc(N3CCNCC3)c(F)cc2c1=O.[Cl-]. The van der Waals surface area contributed by atoms with Gasteiger partial charge in [0.1, 0.15) is 11.4 Å². The molecular weight excluding hydrogens is 365 g/mol. The Kier molecular flexibility index (Phi) is 5.90. The standard InChI is InChI=1S/C17H18FN3O3.ClH.H2O/c18-13-7-11-14(8-15(13)20-5-3-19-4-6-20)21(10-1-2-10)9-12(16(11)22)17(23)24;;/h7-10,19H,1-6H2,(H,23,24);1H;1H2/p-1. The lowest BCUT2D eigenvalue weighted by Gasteiger charge is -2.30. The number of pyridine rings is 1. The molecule has 1 saturated heterocycles.